The minimum atomic E-state index is -1.42. The van der Waals surface area contributed by atoms with Crippen LogP contribution in [0.3, 0.4) is 0 Å². The van der Waals surface area contributed by atoms with Crippen LogP contribution in [0, 0.1) is 5.41 Å². The first-order valence-corrected chi connectivity index (χ1v) is 12.8. The topological polar surface area (TPSA) is 27.7 Å². The second-order valence-corrected chi connectivity index (χ2v) is 15.8. The SMILES string of the molecule is C[Si](C)(C)OCC1(CO[Si](C)(C)C)COC1. The minimum absolute atomic E-state index is 0.139. The molecule has 96 valence electrons. The van der Waals surface area contributed by atoms with E-state index in [-0.39, 0.29) is 5.41 Å². The van der Waals surface area contributed by atoms with E-state index in [4.69, 9.17) is 13.6 Å². The van der Waals surface area contributed by atoms with Crippen LogP contribution in [0.4, 0.5) is 0 Å². The van der Waals surface area contributed by atoms with Gasteiger partial charge in [0.1, 0.15) is 0 Å². The van der Waals surface area contributed by atoms with Crippen molar-refractivity contribution in [3.63, 3.8) is 0 Å². The van der Waals surface area contributed by atoms with Crippen LogP contribution in [0.25, 0.3) is 0 Å². The second kappa shape index (κ2) is 4.90. The van der Waals surface area contributed by atoms with Gasteiger partial charge in [-0.05, 0) is 39.3 Å². The summed E-state index contributed by atoms with van der Waals surface area (Å²) in [5, 5.41) is 0. The molecule has 0 bridgehead atoms. The maximum absolute atomic E-state index is 6.00. The standard InChI is InChI=1S/C11H26O3Si2/c1-15(2,3)13-9-11(7-12-8-11)10-14-16(4,5)6/h7-10H2,1-6H3. The van der Waals surface area contributed by atoms with Crippen molar-refractivity contribution in [3.8, 4) is 0 Å². The summed E-state index contributed by atoms with van der Waals surface area (Å²) in [5.74, 6) is 0. The van der Waals surface area contributed by atoms with Crippen molar-refractivity contribution in [3.05, 3.63) is 0 Å². The highest BCUT2D eigenvalue weighted by molar-refractivity contribution is 6.70. The Morgan fingerprint density at radius 2 is 1.25 bits per heavy atom. The van der Waals surface area contributed by atoms with Crippen LogP contribution in [-0.4, -0.2) is 43.1 Å². The third-order valence-corrected chi connectivity index (χ3v) is 4.46. The van der Waals surface area contributed by atoms with E-state index in [1.54, 1.807) is 0 Å². The Balaban J connectivity index is 2.39. The van der Waals surface area contributed by atoms with Crippen molar-refractivity contribution in [1.29, 1.82) is 0 Å². The molecule has 0 spiro atoms. The third-order valence-electron chi connectivity index (χ3n) is 2.44. The molecule has 0 radical (unpaired) electrons. The monoisotopic (exact) mass is 262 g/mol. The summed E-state index contributed by atoms with van der Waals surface area (Å²) in [6.07, 6.45) is 0. The molecule has 0 amide bonds. The van der Waals surface area contributed by atoms with Gasteiger partial charge in [-0.2, -0.15) is 0 Å². The van der Waals surface area contributed by atoms with E-state index in [9.17, 15) is 0 Å². The summed E-state index contributed by atoms with van der Waals surface area (Å²) < 4.78 is 17.3. The molecule has 1 aliphatic rings. The van der Waals surface area contributed by atoms with Crippen LogP contribution < -0.4 is 0 Å². The molecular weight excluding hydrogens is 236 g/mol. The predicted octanol–water partition coefficient (Wildman–Crippen LogP) is 2.71. The molecule has 1 rings (SSSR count). The van der Waals surface area contributed by atoms with Crippen molar-refractivity contribution in [2.24, 2.45) is 5.41 Å². The van der Waals surface area contributed by atoms with E-state index in [1.165, 1.54) is 0 Å². The maximum atomic E-state index is 6.00. The Morgan fingerprint density at radius 1 is 0.875 bits per heavy atom. The Kier molecular flexibility index (Phi) is 4.40. The first kappa shape index (κ1) is 14.4. The van der Waals surface area contributed by atoms with Gasteiger partial charge in [0.2, 0.25) is 0 Å². The van der Waals surface area contributed by atoms with Crippen molar-refractivity contribution >= 4 is 16.6 Å². The van der Waals surface area contributed by atoms with Gasteiger partial charge in [-0.1, -0.05) is 0 Å². The highest BCUT2D eigenvalue weighted by atomic mass is 28.4. The lowest BCUT2D eigenvalue weighted by Gasteiger charge is -2.43. The molecule has 0 aromatic rings. The number of rotatable bonds is 6. The molecule has 1 heterocycles. The zero-order valence-electron chi connectivity index (χ0n) is 11.6. The fourth-order valence-electron chi connectivity index (χ4n) is 1.34. The Morgan fingerprint density at radius 3 is 1.44 bits per heavy atom. The first-order chi connectivity index (χ1) is 7.12. The van der Waals surface area contributed by atoms with E-state index in [1.807, 2.05) is 0 Å². The summed E-state index contributed by atoms with van der Waals surface area (Å²) in [4.78, 5) is 0. The van der Waals surface area contributed by atoms with E-state index < -0.39 is 16.6 Å². The largest absolute Gasteiger partial charge is 0.417 e. The highest BCUT2D eigenvalue weighted by Crippen LogP contribution is 2.30. The zero-order valence-corrected chi connectivity index (χ0v) is 13.6. The van der Waals surface area contributed by atoms with Gasteiger partial charge in [-0.3, -0.25) is 0 Å². The number of hydrogen-bond donors (Lipinski definition) is 0. The normalized spacial score (nSPS) is 20.6. The number of hydrogen-bond acceptors (Lipinski definition) is 3. The molecule has 0 saturated carbocycles. The van der Waals surface area contributed by atoms with Gasteiger partial charge >= 0.3 is 0 Å². The number of ether oxygens (including phenoxy) is 1. The van der Waals surface area contributed by atoms with Crippen molar-refractivity contribution in [2.45, 2.75) is 39.3 Å². The van der Waals surface area contributed by atoms with Gasteiger partial charge in [0, 0.05) is 13.2 Å². The molecule has 3 nitrogen and oxygen atoms in total. The van der Waals surface area contributed by atoms with Gasteiger partial charge < -0.3 is 13.6 Å². The molecule has 1 saturated heterocycles. The summed E-state index contributed by atoms with van der Waals surface area (Å²) in [7, 11) is -2.85. The van der Waals surface area contributed by atoms with Gasteiger partial charge in [-0.25, -0.2) is 0 Å². The zero-order chi connectivity index (χ0) is 12.4. The van der Waals surface area contributed by atoms with Crippen LogP contribution in [0.2, 0.25) is 39.3 Å². The lowest BCUT2D eigenvalue weighted by Crippen LogP contribution is -2.53. The lowest BCUT2D eigenvalue weighted by molar-refractivity contribution is -0.151. The van der Waals surface area contributed by atoms with E-state index in [0.717, 1.165) is 26.4 Å². The fraction of sp³-hybridized carbons (Fsp3) is 1.00. The summed E-state index contributed by atoms with van der Waals surface area (Å²) in [6, 6.07) is 0. The average molecular weight is 262 g/mol. The summed E-state index contributed by atoms with van der Waals surface area (Å²) >= 11 is 0. The van der Waals surface area contributed by atoms with Crippen LogP contribution in [0.15, 0.2) is 0 Å². The second-order valence-electron chi connectivity index (χ2n) is 6.79. The van der Waals surface area contributed by atoms with Crippen molar-refractivity contribution in [1.82, 2.24) is 0 Å². The van der Waals surface area contributed by atoms with E-state index in [0.29, 0.717) is 0 Å². The third kappa shape index (κ3) is 5.10. The van der Waals surface area contributed by atoms with Crippen LogP contribution in [0.1, 0.15) is 0 Å². The van der Waals surface area contributed by atoms with Gasteiger partial charge in [0.25, 0.3) is 0 Å². The van der Waals surface area contributed by atoms with Crippen LogP contribution in [0.5, 0.6) is 0 Å². The molecule has 0 atom stereocenters. The average Bonchev–Trinajstić information content (AvgIpc) is 1.97. The molecule has 0 unspecified atom stereocenters. The van der Waals surface area contributed by atoms with Crippen molar-refractivity contribution in [2.75, 3.05) is 26.4 Å². The lowest BCUT2D eigenvalue weighted by atomic mass is 9.88. The van der Waals surface area contributed by atoms with Gasteiger partial charge in [0.05, 0.1) is 18.6 Å². The molecule has 16 heavy (non-hydrogen) atoms. The molecule has 1 aliphatic heterocycles. The molecule has 5 heteroatoms. The molecule has 1 fully saturated rings. The summed E-state index contributed by atoms with van der Waals surface area (Å²) in [5.41, 5.74) is 0.139. The minimum Gasteiger partial charge on any atom is -0.417 e. The Bertz CT molecular complexity index is 206. The maximum Gasteiger partial charge on any atom is 0.183 e. The molecule has 0 aromatic heterocycles. The summed E-state index contributed by atoms with van der Waals surface area (Å²) in [6.45, 7) is 16.5. The van der Waals surface area contributed by atoms with E-state index in [2.05, 4.69) is 39.3 Å². The molecule has 0 N–H and O–H groups in total. The smallest absolute Gasteiger partial charge is 0.183 e. The molecular formula is C11H26O3Si2. The van der Waals surface area contributed by atoms with Crippen LogP contribution >= 0.6 is 0 Å². The Labute approximate surface area is 102 Å². The van der Waals surface area contributed by atoms with Gasteiger partial charge in [0.15, 0.2) is 16.6 Å². The predicted molar refractivity (Wildman–Crippen MR) is 71.8 cm³/mol. The Hall–Kier alpha value is 0.314. The van der Waals surface area contributed by atoms with Crippen LogP contribution in [-0.2, 0) is 13.6 Å². The first-order valence-electron chi connectivity index (χ1n) is 5.98. The van der Waals surface area contributed by atoms with E-state index >= 15 is 0 Å². The fourth-order valence-corrected chi connectivity index (χ4v) is 2.82. The van der Waals surface area contributed by atoms with Crippen molar-refractivity contribution < 1.29 is 13.6 Å². The highest BCUT2D eigenvalue weighted by Gasteiger charge is 2.41. The van der Waals surface area contributed by atoms with Gasteiger partial charge in [-0.15, -0.1) is 0 Å². The molecule has 0 aliphatic carbocycles. The quantitative estimate of drug-likeness (QED) is 0.689. The molecule has 0 aromatic carbocycles.